The Kier molecular flexibility index (Phi) is 5.33. The van der Waals surface area contributed by atoms with Gasteiger partial charge >= 0.3 is 0 Å². The molecule has 6 heteroatoms. The molecule has 5 nitrogen and oxygen atoms in total. The maximum absolute atomic E-state index is 12.5. The highest BCUT2D eigenvalue weighted by Gasteiger charge is 2.29. The third-order valence-electron chi connectivity index (χ3n) is 4.75. The van der Waals surface area contributed by atoms with Gasteiger partial charge in [0.05, 0.1) is 6.54 Å². The van der Waals surface area contributed by atoms with E-state index in [1.807, 2.05) is 34.9 Å². The zero-order valence-corrected chi connectivity index (χ0v) is 15.3. The first-order valence-electron chi connectivity index (χ1n) is 8.58. The minimum absolute atomic E-state index is 0.0874. The highest BCUT2D eigenvalue weighted by molar-refractivity contribution is 8.00. The summed E-state index contributed by atoms with van der Waals surface area (Å²) in [6, 6.07) is 8.12. The van der Waals surface area contributed by atoms with Crippen molar-refractivity contribution >= 4 is 29.3 Å². The first-order valence-corrected chi connectivity index (χ1v) is 9.57. The fourth-order valence-corrected chi connectivity index (χ4v) is 4.56. The van der Waals surface area contributed by atoms with Crippen LogP contribution in [0.3, 0.4) is 0 Å². The van der Waals surface area contributed by atoms with Crippen LogP contribution in [0.1, 0.15) is 25.3 Å². The first kappa shape index (κ1) is 17.1. The molecule has 2 aliphatic rings. The topological polar surface area (TPSA) is 56.7 Å². The Balaban J connectivity index is 1.50. The zero-order valence-electron chi connectivity index (χ0n) is 14.5. The molecule has 0 radical (unpaired) electrons. The van der Waals surface area contributed by atoms with Crippen LogP contribution in [0, 0.1) is 0 Å². The van der Waals surface area contributed by atoms with E-state index in [0.29, 0.717) is 5.96 Å². The van der Waals surface area contributed by atoms with E-state index < -0.39 is 0 Å². The summed E-state index contributed by atoms with van der Waals surface area (Å²) < 4.78 is 0.273. The monoisotopic (exact) mass is 346 g/mol. The number of guanidine groups is 1. The van der Waals surface area contributed by atoms with Crippen LogP contribution in [0.5, 0.6) is 0 Å². The Morgan fingerprint density at radius 2 is 2.21 bits per heavy atom. The molecular weight excluding hydrogens is 320 g/mol. The van der Waals surface area contributed by atoms with Gasteiger partial charge in [0, 0.05) is 30.6 Å². The Hall–Kier alpha value is -1.69. The number of nitrogens with zero attached hydrogens (tertiary/aromatic N) is 2. The van der Waals surface area contributed by atoms with Crippen molar-refractivity contribution in [3.8, 4) is 0 Å². The number of aliphatic imine (C=N–C) groups is 1. The lowest BCUT2D eigenvalue weighted by molar-refractivity contribution is -0.117. The third-order valence-corrected chi connectivity index (χ3v) is 6.29. The summed E-state index contributed by atoms with van der Waals surface area (Å²) >= 11 is 2.01. The van der Waals surface area contributed by atoms with Crippen LogP contribution in [0.15, 0.2) is 29.3 Å². The average molecular weight is 347 g/mol. The molecular formula is C18H26N4OS. The van der Waals surface area contributed by atoms with Crippen molar-refractivity contribution in [3.63, 3.8) is 0 Å². The highest BCUT2D eigenvalue weighted by atomic mass is 32.2. The Morgan fingerprint density at radius 1 is 1.38 bits per heavy atom. The van der Waals surface area contributed by atoms with Crippen molar-refractivity contribution in [2.24, 2.45) is 4.99 Å². The minimum Gasteiger partial charge on any atom is -0.355 e. The molecule has 3 rings (SSSR count). The number of fused-ring (bicyclic) bond motifs is 1. The number of para-hydroxylation sites is 1. The molecule has 0 saturated carbocycles. The van der Waals surface area contributed by atoms with Gasteiger partial charge in [-0.1, -0.05) is 18.2 Å². The quantitative estimate of drug-likeness (QED) is 0.647. The second-order valence-electron chi connectivity index (χ2n) is 6.61. The maximum Gasteiger partial charge on any atom is 0.246 e. The number of hydrogen-bond acceptors (Lipinski definition) is 3. The Labute approximate surface area is 148 Å². The molecule has 0 aromatic heterocycles. The number of thioether (sulfide) groups is 1. The number of hydrogen-bond donors (Lipinski definition) is 2. The van der Waals surface area contributed by atoms with Crippen molar-refractivity contribution in [2.45, 2.75) is 30.9 Å². The van der Waals surface area contributed by atoms with E-state index in [9.17, 15) is 4.79 Å². The maximum atomic E-state index is 12.5. The second-order valence-corrected chi connectivity index (χ2v) is 8.29. The molecule has 2 aliphatic heterocycles. The van der Waals surface area contributed by atoms with Crippen LogP contribution in [-0.4, -0.2) is 49.0 Å². The van der Waals surface area contributed by atoms with Crippen LogP contribution in [0.4, 0.5) is 5.69 Å². The summed E-state index contributed by atoms with van der Waals surface area (Å²) in [6.45, 7) is 4.19. The van der Waals surface area contributed by atoms with Crippen LogP contribution < -0.4 is 15.5 Å². The molecule has 1 fully saturated rings. The SMILES string of the molecule is CN=C(NCC(=O)N1CCc2ccccc21)NCC1(C)CCCS1. The molecule has 2 heterocycles. The van der Waals surface area contributed by atoms with Crippen molar-refractivity contribution in [3.05, 3.63) is 29.8 Å². The van der Waals surface area contributed by atoms with E-state index in [2.05, 4.69) is 28.6 Å². The summed E-state index contributed by atoms with van der Waals surface area (Å²) in [7, 11) is 1.75. The van der Waals surface area contributed by atoms with Crippen molar-refractivity contribution in [1.29, 1.82) is 0 Å². The lowest BCUT2D eigenvalue weighted by Crippen LogP contribution is -2.47. The van der Waals surface area contributed by atoms with E-state index in [1.165, 1.54) is 24.2 Å². The number of rotatable bonds is 4. The van der Waals surface area contributed by atoms with Gasteiger partial charge in [-0.25, -0.2) is 0 Å². The summed E-state index contributed by atoms with van der Waals surface area (Å²) in [4.78, 5) is 18.6. The van der Waals surface area contributed by atoms with Gasteiger partial charge < -0.3 is 15.5 Å². The van der Waals surface area contributed by atoms with Gasteiger partial charge in [0.1, 0.15) is 0 Å². The van der Waals surface area contributed by atoms with Crippen LogP contribution in [0.2, 0.25) is 0 Å². The van der Waals surface area contributed by atoms with E-state index in [4.69, 9.17) is 0 Å². The number of anilines is 1. The average Bonchev–Trinajstić information content (AvgIpc) is 3.21. The standard InChI is InChI=1S/C18H26N4OS/c1-18(9-5-11-24-18)13-21-17(19-2)20-12-16(23)22-10-8-14-6-3-4-7-15(14)22/h3-4,6-7H,5,8-13H2,1-2H3,(H2,19,20,21). The van der Waals surface area contributed by atoms with Gasteiger partial charge in [0.2, 0.25) is 5.91 Å². The number of amides is 1. The fraction of sp³-hybridized carbons (Fsp3) is 0.556. The smallest absolute Gasteiger partial charge is 0.246 e. The molecule has 1 amide bonds. The predicted molar refractivity (Wildman–Crippen MR) is 102 cm³/mol. The molecule has 0 aliphatic carbocycles. The molecule has 0 spiro atoms. The molecule has 1 saturated heterocycles. The summed E-state index contributed by atoms with van der Waals surface area (Å²) in [5.74, 6) is 2.02. The lowest BCUT2D eigenvalue weighted by Gasteiger charge is -2.24. The molecule has 1 atom stereocenters. The van der Waals surface area contributed by atoms with Gasteiger partial charge in [-0.05, 0) is 43.6 Å². The molecule has 1 aromatic carbocycles. The van der Waals surface area contributed by atoms with E-state index in [-0.39, 0.29) is 17.2 Å². The van der Waals surface area contributed by atoms with Crippen LogP contribution >= 0.6 is 11.8 Å². The van der Waals surface area contributed by atoms with Gasteiger partial charge in [-0.3, -0.25) is 9.79 Å². The molecule has 1 aromatic rings. The van der Waals surface area contributed by atoms with Gasteiger partial charge in [0.15, 0.2) is 5.96 Å². The molecule has 24 heavy (non-hydrogen) atoms. The molecule has 0 bridgehead atoms. The lowest BCUT2D eigenvalue weighted by atomic mass is 10.1. The van der Waals surface area contributed by atoms with E-state index in [0.717, 1.165) is 25.2 Å². The number of carbonyl (C=O) groups excluding carboxylic acids is 1. The first-order chi connectivity index (χ1) is 11.6. The molecule has 130 valence electrons. The number of benzene rings is 1. The fourth-order valence-electron chi connectivity index (χ4n) is 3.32. The van der Waals surface area contributed by atoms with Crippen molar-refractivity contribution in [1.82, 2.24) is 10.6 Å². The Bertz CT molecular complexity index is 625. The molecule has 1 unspecified atom stereocenters. The minimum atomic E-state index is 0.0874. The van der Waals surface area contributed by atoms with E-state index >= 15 is 0 Å². The van der Waals surface area contributed by atoms with E-state index in [1.54, 1.807) is 7.05 Å². The summed E-state index contributed by atoms with van der Waals surface area (Å²) in [5, 5.41) is 6.52. The van der Waals surface area contributed by atoms with Crippen molar-refractivity contribution < 1.29 is 4.79 Å². The van der Waals surface area contributed by atoms with Crippen LogP contribution in [-0.2, 0) is 11.2 Å². The van der Waals surface area contributed by atoms with Gasteiger partial charge in [-0.2, -0.15) is 11.8 Å². The summed E-state index contributed by atoms with van der Waals surface area (Å²) in [6.07, 6.45) is 3.44. The van der Waals surface area contributed by atoms with Gasteiger partial charge in [0.25, 0.3) is 0 Å². The predicted octanol–water partition coefficient (Wildman–Crippen LogP) is 2.03. The normalized spacial score (nSPS) is 23.2. The number of carbonyl (C=O) groups is 1. The molecule has 2 N–H and O–H groups in total. The number of nitrogens with one attached hydrogen (secondary N) is 2. The highest BCUT2D eigenvalue weighted by Crippen LogP contribution is 2.36. The van der Waals surface area contributed by atoms with Crippen LogP contribution in [0.25, 0.3) is 0 Å². The second kappa shape index (κ2) is 7.47. The zero-order chi connectivity index (χ0) is 17.0. The van der Waals surface area contributed by atoms with Crippen molar-refractivity contribution in [2.75, 3.05) is 37.3 Å². The van der Waals surface area contributed by atoms with Gasteiger partial charge in [-0.15, -0.1) is 0 Å². The Morgan fingerprint density at radius 3 is 2.96 bits per heavy atom. The third kappa shape index (κ3) is 3.86. The summed E-state index contributed by atoms with van der Waals surface area (Å²) in [5.41, 5.74) is 2.29. The largest absolute Gasteiger partial charge is 0.355 e.